The summed E-state index contributed by atoms with van der Waals surface area (Å²) in [6.07, 6.45) is 2.45. The maximum Gasteiger partial charge on any atom is 0.127 e. The maximum atomic E-state index is 13.4. The Hall–Kier alpha value is -0.930. The zero-order chi connectivity index (χ0) is 11.5. The molecule has 0 atom stereocenters. The third-order valence-electron chi connectivity index (χ3n) is 3.21. The largest absolute Gasteiger partial charge is 0.381 e. The molecule has 0 heterocycles. The molecule has 1 saturated carbocycles. The third kappa shape index (κ3) is 2.60. The minimum Gasteiger partial charge on any atom is -0.381 e. The smallest absolute Gasteiger partial charge is 0.127 e. The predicted octanol–water partition coefficient (Wildman–Crippen LogP) is 2.40. The van der Waals surface area contributed by atoms with Gasteiger partial charge in [-0.15, -0.1) is 0 Å². The zero-order valence-corrected chi connectivity index (χ0v) is 9.79. The van der Waals surface area contributed by atoms with Crippen LogP contribution < -0.4 is 5.32 Å². The van der Waals surface area contributed by atoms with Crippen LogP contribution in [0.2, 0.25) is 0 Å². The number of nitrogens with one attached hydrogen (secondary N) is 1. The van der Waals surface area contributed by atoms with E-state index in [4.69, 9.17) is 4.74 Å². The van der Waals surface area contributed by atoms with Crippen LogP contribution in [0.5, 0.6) is 0 Å². The molecule has 0 amide bonds. The lowest BCUT2D eigenvalue weighted by molar-refractivity contribution is 0.0169. The average molecular weight is 223 g/mol. The van der Waals surface area contributed by atoms with Gasteiger partial charge in [-0.3, -0.25) is 0 Å². The fourth-order valence-corrected chi connectivity index (χ4v) is 2.02. The van der Waals surface area contributed by atoms with E-state index >= 15 is 0 Å². The van der Waals surface area contributed by atoms with Gasteiger partial charge in [-0.2, -0.15) is 0 Å². The minimum absolute atomic E-state index is 0.124. The van der Waals surface area contributed by atoms with Crippen LogP contribution in [0.1, 0.15) is 24.0 Å². The Morgan fingerprint density at radius 3 is 2.88 bits per heavy atom. The van der Waals surface area contributed by atoms with Gasteiger partial charge >= 0.3 is 0 Å². The second kappa shape index (κ2) is 4.93. The second-order valence-electron chi connectivity index (χ2n) is 4.50. The van der Waals surface area contributed by atoms with E-state index in [1.165, 1.54) is 6.07 Å². The maximum absolute atomic E-state index is 13.4. The highest BCUT2D eigenvalue weighted by molar-refractivity contribution is 5.24. The molecule has 16 heavy (non-hydrogen) atoms. The molecule has 2 nitrogen and oxygen atoms in total. The van der Waals surface area contributed by atoms with Gasteiger partial charge in [0.25, 0.3) is 0 Å². The second-order valence-corrected chi connectivity index (χ2v) is 4.50. The van der Waals surface area contributed by atoms with Crippen LogP contribution in [-0.4, -0.2) is 19.3 Å². The summed E-state index contributed by atoms with van der Waals surface area (Å²) >= 11 is 0. The normalized spacial score (nSPS) is 24.2. The highest BCUT2D eigenvalue weighted by atomic mass is 19.1. The molecule has 1 aromatic rings. The third-order valence-corrected chi connectivity index (χ3v) is 3.21. The summed E-state index contributed by atoms with van der Waals surface area (Å²) in [5.41, 5.74) is 1.85. The van der Waals surface area contributed by atoms with E-state index in [1.54, 1.807) is 13.2 Å². The van der Waals surface area contributed by atoms with Crippen molar-refractivity contribution in [2.75, 3.05) is 7.11 Å². The van der Waals surface area contributed by atoms with Gasteiger partial charge in [-0.05, 0) is 25.8 Å². The van der Waals surface area contributed by atoms with E-state index in [0.29, 0.717) is 18.7 Å². The molecule has 2 rings (SSSR count). The van der Waals surface area contributed by atoms with Gasteiger partial charge < -0.3 is 10.1 Å². The lowest BCUT2D eigenvalue weighted by Crippen LogP contribution is -2.44. The molecular formula is C13H18FNO. The van der Waals surface area contributed by atoms with E-state index < -0.39 is 0 Å². The van der Waals surface area contributed by atoms with E-state index in [2.05, 4.69) is 5.32 Å². The number of hydrogen-bond acceptors (Lipinski definition) is 2. The summed E-state index contributed by atoms with van der Waals surface area (Å²) in [6.45, 7) is 2.59. The average Bonchev–Trinajstić information content (AvgIpc) is 2.21. The fraction of sp³-hybridized carbons (Fsp3) is 0.538. The van der Waals surface area contributed by atoms with Gasteiger partial charge in [0.15, 0.2) is 0 Å². The molecule has 0 aliphatic heterocycles. The van der Waals surface area contributed by atoms with Crippen molar-refractivity contribution in [1.82, 2.24) is 5.32 Å². The van der Waals surface area contributed by atoms with Crippen molar-refractivity contribution in [2.24, 2.45) is 0 Å². The monoisotopic (exact) mass is 223 g/mol. The number of hydrogen-bond donors (Lipinski definition) is 1. The topological polar surface area (TPSA) is 21.3 Å². The highest BCUT2D eigenvalue weighted by Gasteiger charge is 2.28. The lowest BCUT2D eigenvalue weighted by atomic mass is 9.89. The van der Waals surface area contributed by atoms with Gasteiger partial charge in [0.2, 0.25) is 0 Å². The van der Waals surface area contributed by atoms with Crippen LogP contribution in [0.4, 0.5) is 4.39 Å². The molecule has 0 bridgehead atoms. The summed E-state index contributed by atoms with van der Waals surface area (Å²) in [4.78, 5) is 0. The number of ether oxygens (including phenoxy) is 1. The summed E-state index contributed by atoms with van der Waals surface area (Å²) < 4.78 is 18.6. The first-order chi connectivity index (χ1) is 7.69. The van der Waals surface area contributed by atoms with Gasteiger partial charge in [-0.1, -0.05) is 17.7 Å². The molecule has 1 aliphatic carbocycles. The van der Waals surface area contributed by atoms with Crippen molar-refractivity contribution in [1.29, 1.82) is 0 Å². The van der Waals surface area contributed by atoms with E-state index in [0.717, 1.165) is 24.0 Å². The standard InChI is InChI=1S/C13H18FNO/c1-9-3-4-13(14)10(5-9)8-15-11-6-12(7-11)16-2/h3-5,11-12,15H,6-8H2,1-2H3. The van der Waals surface area contributed by atoms with Crippen molar-refractivity contribution >= 4 is 0 Å². The van der Waals surface area contributed by atoms with Crippen LogP contribution in [0.25, 0.3) is 0 Å². The number of halogens is 1. The SMILES string of the molecule is COC1CC(NCc2cc(C)ccc2F)C1. The summed E-state index contributed by atoms with van der Waals surface area (Å²) in [5, 5.41) is 3.35. The molecule has 0 spiro atoms. The minimum atomic E-state index is -0.124. The highest BCUT2D eigenvalue weighted by Crippen LogP contribution is 2.23. The number of rotatable bonds is 4. The van der Waals surface area contributed by atoms with E-state index in [-0.39, 0.29) is 5.82 Å². The van der Waals surface area contributed by atoms with Gasteiger partial charge in [-0.25, -0.2) is 4.39 Å². The van der Waals surface area contributed by atoms with E-state index in [1.807, 2.05) is 13.0 Å². The van der Waals surface area contributed by atoms with E-state index in [9.17, 15) is 4.39 Å². The van der Waals surface area contributed by atoms with Crippen LogP contribution in [0.15, 0.2) is 18.2 Å². The molecular weight excluding hydrogens is 205 g/mol. The first kappa shape index (κ1) is 11.6. The number of methoxy groups -OCH3 is 1. The lowest BCUT2D eigenvalue weighted by Gasteiger charge is -2.34. The van der Waals surface area contributed by atoms with Crippen molar-refractivity contribution in [2.45, 2.75) is 38.5 Å². The Bertz CT molecular complexity index is 361. The Balaban J connectivity index is 1.83. The van der Waals surface area contributed by atoms with Crippen LogP contribution in [-0.2, 0) is 11.3 Å². The Morgan fingerprint density at radius 2 is 2.19 bits per heavy atom. The summed E-state index contributed by atoms with van der Waals surface area (Å²) in [5.74, 6) is -0.124. The Labute approximate surface area is 95.8 Å². The molecule has 88 valence electrons. The molecule has 3 heteroatoms. The fourth-order valence-electron chi connectivity index (χ4n) is 2.02. The van der Waals surface area contributed by atoms with Crippen LogP contribution in [0.3, 0.4) is 0 Å². The Kier molecular flexibility index (Phi) is 3.56. The first-order valence-electron chi connectivity index (χ1n) is 5.70. The molecule has 0 radical (unpaired) electrons. The quantitative estimate of drug-likeness (QED) is 0.846. The van der Waals surface area contributed by atoms with Crippen molar-refractivity contribution < 1.29 is 9.13 Å². The summed E-state index contributed by atoms with van der Waals surface area (Å²) in [6, 6.07) is 5.70. The van der Waals surface area contributed by atoms with Gasteiger partial charge in [0.05, 0.1) is 6.10 Å². The molecule has 0 saturated heterocycles. The Morgan fingerprint density at radius 1 is 1.44 bits per heavy atom. The van der Waals surface area contributed by atoms with Crippen LogP contribution >= 0.6 is 0 Å². The number of benzene rings is 1. The molecule has 1 fully saturated rings. The molecule has 1 aliphatic rings. The predicted molar refractivity (Wildman–Crippen MR) is 61.8 cm³/mol. The van der Waals surface area contributed by atoms with Crippen molar-refractivity contribution in [3.63, 3.8) is 0 Å². The van der Waals surface area contributed by atoms with Crippen molar-refractivity contribution in [3.05, 3.63) is 35.1 Å². The van der Waals surface area contributed by atoms with Crippen LogP contribution in [0, 0.1) is 12.7 Å². The molecule has 0 unspecified atom stereocenters. The number of aryl methyl sites for hydroxylation is 1. The summed E-state index contributed by atoms with van der Waals surface area (Å²) in [7, 11) is 1.74. The van der Waals surface area contributed by atoms with Gasteiger partial charge in [0.1, 0.15) is 5.82 Å². The van der Waals surface area contributed by atoms with Crippen molar-refractivity contribution in [3.8, 4) is 0 Å². The molecule has 0 aromatic heterocycles. The zero-order valence-electron chi connectivity index (χ0n) is 9.79. The molecule has 1 N–H and O–H groups in total. The molecule has 1 aromatic carbocycles. The first-order valence-corrected chi connectivity index (χ1v) is 5.70. The van der Waals surface area contributed by atoms with Gasteiger partial charge in [0, 0.05) is 25.3 Å².